The molecule has 2 fully saturated rings. The Morgan fingerprint density at radius 1 is 1.06 bits per heavy atom. The van der Waals surface area contributed by atoms with Gasteiger partial charge >= 0.3 is 0 Å². The number of guanidine groups is 1. The molecular weight excluding hydrogens is 533 g/mol. The Labute approximate surface area is 212 Å². The summed E-state index contributed by atoms with van der Waals surface area (Å²) in [7, 11) is 1.82. The first-order chi connectivity index (χ1) is 15.2. The molecule has 1 atom stereocenters. The summed E-state index contributed by atoms with van der Waals surface area (Å²) in [5.74, 6) is 1.10. The Balaban J connectivity index is 0.00000289. The van der Waals surface area contributed by atoms with Crippen molar-refractivity contribution in [3.05, 3.63) is 57.8 Å². The summed E-state index contributed by atoms with van der Waals surface area (Å²) < 4.78 is 0. The Hall–Kier alpha value is -1.65. The fraction of sp³-hybridized carbons (Fsp3) is 0.500. The number of halogens is 1. The van der Waals surface area contributed by atoms with E-state index >= 15 is 0 Å². The third kappa shape index (κ3) is 6.68. The number of hydrogen-bond acceptors (Lipinski definition) is 4. The molecule has 1 aromatic carbocycles. The molecule has 32 heavy (non-hydrogen) atoms. The Morgan fingerprint density at radius 2 is 1.81 bits per heavy atom. The van der Waals surface area contributed by atoms with Gasteiger partial charge in [-0.15, -0.1) is 35.3 Å². The van der Waals surface area contributed by atoms with E-state index in [9.17, 15) is 4.79 Å². The minimum atomic E-state index is 0. The van der Waals surface area contributed by atoms with Gasteiger partial charge in [0.15, 0.2) is 5.96 Å². The monoisotopic (exact) mass is 567 g/mol. The highest BCUT2D eigenvalue weighted by molar-refractivity contribution is 14.0. The maximum absolute atomic E-state index is 11.8. The van der Waals surface area contributed by atoms with Crippen molar-refractivity contribution >= 4 is 47.2 Å². The molecule has 2 aromatic rings. The third-order valence-electron chi connectivity index (χ3n) is 6.17. The van der Waals surface area contributed by atoms with Crippen molar-refractivity contribution in [2.24, 2.45) is 4.99 Å². The minimum absolute atomic E-state index is 0. The molecule has 8 heteroatoms. The van der Waals surface area contributed by atoms with Crippen LogP contribution in [-0.4, -0.2) is 54.9 Å². The van der Waals surface area contributed by atoms with E-state index in [2.05, 4.69) is 62.3 Å². The first-order valence-corrected chi connectivity index (χ1v) is 12.2. The number of rotatable bonds is 8. The Morgan fingerprint density at radius 3 is 2.44 bits per heavy atom. The summed E-state index contributed by atoms with van der Waals surface area (Å²) >= 11 is 1.83. The van der Waals surface area contributed by atoms with E-state index in [1.54, 1.807) is 0 Å². The van der Waals surface area contributed by atoms with Crippen LogP contribution >= 0.6 is 35.3 Å². The lowest BCUT2D eigenvalue weighted by Crippen LogP contribution is -2.42. The smallest absolute Gasteiger partial charge is 0.222 e. The van der Waals surface area contributed by atoms with E-state index in [1.807, 2.05) is 23.3 Å². The number of thiophene rings is 1. The van der Waals surface area contributed by atoms with Gasteiger partial charge in [0.2, 0.25) is 5.91 Å². The molecule has 3 heterocycles. The van der Waals surface area contributed by atoms with Crippen LogP contribution in [0, 0.1) is 0 Å². The molecular formula is C24H34IN5OS. The summed E-state index contributed by atoms with van der Waals surface area (Å²) in [4.78, 5) is 22.2. The predicted octanol–water partition coefficient (Wildman–Crippen LogP) is 3.99. The van der Waals surface area contributed by atoms with Crippen LogP contribution in [0.15, 0.2) is 46.8 Å². The number of carbonyl (C=O) groups is 1. The van der Waals surface area contributed by atoms with E-state index in [0.29, 0.717) is 12.5 Å². The summed E-state index contributed by atoms with van der Waals surface area (Å²) in [6.07, 6.45) is 4.25. The minimum Gasteiger partial charge on any atom is -0.354 e. The lowest BCUT2D eigenvalue weighted by Gasteiger charge is -2.27. The molecule has 2 aliphatic heterocycles. The second-order valence-electron chi connectivity index (χ2n) is 8.32. The van der Waals surface area contributed by atoms with Gasteiger partial charge < -0.3 is 15.5 Å². The van der Waals surface area contributed by atoms with Crippen molar-refractivity contribution in [2.45, 2.75) is 44.8 Å². The summed E-state index contributed by atoms with van der Waals surface area (Å²) in [6.45, 7) is 5.51. The highest BCUT2D eigenvalue weighted by Gasteiger charge is 2.24. The van der Waals surface area contributed by atoms with Gasteiger partial charge in [-0.25, -0.2) is 0 Å². The second kappa shape index (κ2) is 12.6. The van der Waals surface area contributed by atoms with Crippen molar-refractivity contribution in [3.8, 4) is 0 Å². The molecule has 0 saturated carbocycles. The standard InChI is InChI=1S/C24H33N5OS.HI/c1-25-24(27-17-21(22-6-5-15-31-22)28-12-2-3-13-28)26-16-19-8-10-20(11-9-19)18-29-14-4-7-23(29)30;/h5-6,8-11,15,21H,2-4,7,12-14,16-18H2,1H3,(H2,25,26,27);1H. The van der Waals surface area contributed by atoms with Crippen molar-refractivity contribution < 1.29 is 4.79 Å². The average molecular weight is 568 g/mol. The fourth-order valence-corrected chi connectivity index (χ4v) is 5.26. The van der Waals surface area contributed by atoms with Crippen molar-refractivity contribution in [1.29, 1.82) is 0 Å². The van der Waals surface area contributed by atoms with Gasteiger partial charge in [-0.3, -0.25) is 14.7 Å². The zero-order valence-electron chi connectivity index (χ0n) is 18.8. The maximum atomic E-state index is 11.8. The van der Waals surface area contributed by atoms with E-state index in [0.717, 1.165) is 38.6 Å². The maximum Gasteiger partial charge on any atom is 0.222 e. The zero-order chi connectivity index (χ0) is 21.5. The lowest BCUT2D eigenvalue weighted by molar-refractivity contribution is -0.128. The molecule has 4 rings (SSSR count). The number of aliphatic imine (C=N–C) groups is 1. The number of nitrogens with one attached hydrogen (secondary N) is 2. The molecule has 2 aliphatic rings. The molecule has 0 aliphatic carbocycles. The first kappa shape index (κ1) is 25.0. The molecule has 1 unspecified atom stereocenters. The number of benzene rings is 1. The van der Waals surface area contributed by atoms with Gasteiger partial charge in [-0.2, -0.15) is 0 Å². The van der Waals surface area contributed by atoms with E-state index in [-0.39, 0.29) is 29.9 Å². The molecule has 1 amide bonds. The van der Waals surface area contributed by atoms with Crippen molar-refractivity contribution in [2.75, 3.05) is 33.2 Å². The fourth-order valence-electron chi connectivity index (χ4n) is 4.40. The number of hydrogen-bond donors (Lipinski definition) is 2. The van der Waals surface area contributed by atoms with Crippen LogP contribution in [0.5, 0.6) is 0 Å². The van der Waals surface area contributed by atoms with E-state index < -0.39 is 0 Å². The second-order valence-corrected chi connectivity index (χ2v) is 9.30. The highest BCUT2D eigenvalue weighted by Crippen LogP contribution is 2.27. The highest BCUT2D eigenvalue weighted by atomic mass is 127. The van der Waals surface area contributed by atoms with Crippen molar-refractivity contribution in [1.82, 2.24) is 20.4 Å². The number of likely N-dealkylation sites (tertiary alicyclic amines) is 2. The molecule has 2 saturated heterocycles. The first-order valence-electron chi connectivity index (χ1n) is 11.3. The van der Waals surface area contributed by atoms with Gasteiger partial charge in [0, 0.05) is 44.5 Å². The number of nitrogens with zero attached hydrogens (tertiary/aromatic N) is 3. The molecule has 2 N–H and O–H groups in total. The normalized spacial score (nSPS) is 18.0. The lowest BCUT2D eigenvalue weighted by atomic mass is 10.1. The topological polar surface area (TPSA) is 60.0 Å². The van der Waals surface area contributed by atoms with Crippen LogP contribution < -0.4 is 10.6 Å². The van der Waals surface area contributed by atoms with Gasteiger partial charge in [0.05, 0.1) is 6.04 Å². The van der Waals surface area contributed by atoms with Crippen LogP contribution in [0.25, 0.3) is 0 Å². The van der Waals surface area contributed by atoms with Crippen LogP contribution in [0.3, 0.4) is 0 Å². The molecule has 6 nitrogen and oxygen atoms in total. The van der Waals surface area contributed by atoms with Gasteiger partial charge in [-0.05, 0) is 54.9 Å². The molecule has 0 spiro atoms. The average Bonchev–Trinajstić information content (AvgIpc) is 3.56. The summed E-state index contributed by atoms with van der Waals surface area (Å²) in [6, 6.07) is 13.3. The van der Waals surface area contributed by atoms with Crippen LogP contribution in [0.1, 0.15) is 47.7 Å². The molecule has 0 bridgehead atoms. The van der Waals surface area contributed by atoms with Crippen LogP contribution in [0.2, 0.25) is 0 Å². The molecule has 174 valence electrons. The molecule has 0 radical (unpaired) electrons. The number of amides is 1. The largest absolute Gasteiger partial charge is 0.354 e. The Kier molecular flexibility index (Phi) is 9.80. The quantitative estimate of drug-likeness (QED) is 0.288. The van der Waals surface area contributed by atoms with E-state index in [1.165, 1.54) is 41.9 Å². The van der Waals surface area contributed by atoms with Gasteiger partial charge in [0.25, 0.3) is 0 Å². The Bertz CT molecular complexity index is 865. The SMILES string of the molecule is CN=C(NCc1ccc(CN2CCCC2=O)cc1)NCC(c1cccs1)N1CCCC1.I. The predicted molar refractivity (Wildman–Crippen MR) is 143 cm³/mol. The van der Waals surface area contributed by atoms with Crippen LogP contribution in [0.4, 0.5) is 0 Å². The van der Waals surface area contributed by atoms with Gasteiger partial charge in [0.1, 0.15) is 0 Å². The zero-order valence-corrected chi connectivity index (χ0v) is 21.9. The summed E-state index contributed by atoms with van der Waals surface area (Å²) in [5, 5.41) is 9.13. The molecule has 1 aromatic heterocycles. The van der Waals surface area contributed by atoms with Gasteiger partial charge in [-0.1, -0.05) is 30.3 Å². The number of carbonyl (C=O) groups excluding carboxylic acids is 1. The summed E-state index contributed by atoms with van der Waals surface area (Å²) in [5.41, 5.74) is 2.39. The van der Waals surface area contributed by atoms with Crippen LogP contribution in [-0.2, 0) is 17.9 Å². The van der Waals surface area contributed by atoms with Crippen molar-refractivity contribution in [3.63, 3.8) is 0 Å². The van der Waals surface area contributed by atoms with E-state index in [4.69, 9.17) is 0 Å². The third-order valence-corrected chi connectivity index (χ3v) is 7.14.